The van der Waals surface area contributed by atoms with Crippen LogP contribution in [0, 0.1) is 6.92 Å². The number of anilines is 1. The molecule has 2 aromatic rings. The van der Waals surface area contributed by atoms with Crippen molar-refractivity contribution in [3.63, 3.8) is 0 Å². The maximum atomic E-state index is 13.6. The summed E-state index contributed by atoms with van der Waals surface area (Å²) in [7, 11) is 0. The monoisotopic (exact) mass is 498 g/mol. The van der Waals surface area contributed by atoms with Crippen molar-refractivity contribution in [3.05, 3.63) is 41.7 Å². The van der Waals surface area contributed by atoms with Crippen molar-refractivity contribution in [1.29, 1.82) is 0 Å². The predicted molar refractivity (Wildman–Crippen MR) is 136 cm³/mol. The van der Waals surface area contributed by atoms with Gasteiger partial charge in [0.15, 0.2) is 5.82 Å². The van der Waals surface area contributed by atoms with E-state index in [4.69, 9.17) is 9.26 Å². The van der Waals surface area contributed by atoms with E-state index in [9.17, 15) is 14.4 Å². The van der Waals surface area contributed by atoms with E-state index in [1.54, 1.807) is 17.9 Å². The Kier molecular flexibility index (Phi) is 10.3. The lowest BCUT2D eigenvalue weighted by Gasteiger charge is -2.32. The van der Waals surface area contributed by atoms with Crippen molar-refractivity contribution in [3.8, 4) is 5.75 Å². The molecule has 1 aromatic heterocycles. The minimum atomic E-state index is -0.776. The fourth-order valence-corrected chi connectivity index (χ4v) is 4.46. The third kappa shape index (κ3) is 7.83. The maximum Gasteiger partial charge on any atom is 0.247 e. The van der Waals surface area contributed by atoms with Crippen molar-refractivity contribution >= 4 is 23.5 Å². The summed E-state index contributed by atoms with van der Waals surface area (Å²) in [5, 5.41) is 9.56. The molecule has 1 saturated carbocycles. The fourth-order valence-electron chi connectivity index (χ4n) is 4.46. The summed E-state index contributed by atoms with van der Waals surface area (Å²) in [5.41, 5.74) is 0.723. The molecule has 36 heavy (non-hydrogen) atoms. The molecule has 0 saturated heterocycles. The topological polar surface area (TPSA) is 114 Å². The quantitative estimate of drug-likeness (QED) is 0.419. The number of hydrogen-bond acceptors (Lipinski definition) is 6. The number of ether oxygens (including phenoxy) is 1. The number of unbranched alkanes of at least 4 members (excludes halogenated alkanes) is 1. The van der Waals surface area contributed by atoms with E-state index >= 15 is 0 Å². The summed E-state index contributed by atoms with van der Waals surface area (Å²) in [6, 6.07) is 8.30. The van der Waals surface area contributed by atoms with Gasteiger partial charge in [-0.2, -0.15) is 0 Å². The number of amides is 3. The van der Waals surface area contributed by atoms with Gasteiger partial charge < -0.3 is 24.8 Å². The van der Waals surface area contributed by atoms with Gasteiger partial charge in [-0.1, -0.05) is 43.5 Å². The number of carbonyl (C=O) groups is 3. The van der Waals surface area contributed by atoms with Gasteiger partial charge in [-0.25, -0.2) is 0 Å². The Balaban J connectivity index is 1.77. The summed E-state index contributed by atoms with van der Waals surface area (Å²) in [4.78, 5) is 41.0. The van der Waals surface area contributed by atoms with Crippen molar-refractivity contribution in [1.82, 2.24) is 15.4 Å². The van der Waals surface area contributed by atoms with E-state index < -0.39 is 6.04 Å². The lowest BCUT2D eigenvalue weighted by atomic mass is 10.0. The van der Waals surface area contributed by atoms with Gasteiger partial charge in [-0.3, -0.25) is 14.4 Å². The molecule has 3 amide bonds. The number of carbonyl (C=O) groups excluding carboxylic acids is 3. The van der Waals surface area contributed by atoms with Crippen LogP contribution in [0.3, 0.4) is 0 Å². The first-order valence-corrected chi connectivity index (χ1v) is 13.0. The Morgan fingerprint density at radius 3 is 2.47 bits per heavy atom. The zero-order chi connectivity index (χ0) is 25.9. The minimum absolute atomic E-state index is 0.0172. The Morgan fingerprint density at radius 2 is 1.86 bits per heavy atom. The predicted octanol–water partition coefficient (Wildman–Crippen LogP) is 4.53. The second kappa shape index (κ2) is 13.7. The molecule has 1 heterocycles. The highest BCUT2D eigenvalue weighted by Gasteiger charge is 2.33. The van der Waals surface area contributed by atoms with Gasteiger partial charge in [-0.15, -0.1) is 0 Å². The molecule has 1 atom stereocenters. The van der Waals surface area contributed by atoms with Crippen molar-refractivity contribution < 1.29 is 23.6 Å². The minimum Gasteiger partial charge on any atom is -0.494 e. The average molecular weight is 499 g/mol. The number of nitrogens with zero attached hydrogens (tertiary/aromatic N) is 2. The van der Waals surface area contributed by atoms with Gasteiger partial charge in [0.1, 0.15) is 17.6 Å². The van der Waals surface area contributed by atoms with Crippen LogP contribution in [-0.2, 0) is 14.4 Å². The lowest BCUT2D eigenvalue weighted by Crippen LogP contribution is -2.46. The number of aromatic nitrogens is 1. The van der Waals surface area contributed by atoms with E-state index in [1.165, 1.54) is 0 Å². The van der Waals surface area contributed by atoms with Gasteiger partial charge in [0.05, 0.1) is 6.61 Å². The van der Waals surface area contributed by atoms with Gasteiger partial charge in [0.25, 0.3) is 0 Å². The molecule has 1 aliphatic carbocycles. The van der Waals surface area contributed by atoms with E-state index in [2.05, 4.69) is 15.8 Å². The van der Waals surface area contributed by atoms with Gasteiger partial charge in [0, 0.05) is 31.5 Å². The molecule has 9 heteroatoms. The molecule has 1 fully saturated rings. The highest BCUT2D eigenvalue weighted by Crippen LogP contribution is 2.27. The summed E-state index contributed by atoms with van der Waals surface area (Å²) in [5.74, 6) is 0.852. The zero-order valence-corrected chi connectivity index (χ0v) is 21.5. The Bertz CT molecular complexity index is 998. The molecule has 0 bridgehead atoms. The first-order chi connectivity index (χ1) is 17.4. The standard InChI is InChI=1S/C27H38N4O5/c1-4-6-17-31(25(33)16-15-24(32)29-23-18-19(3)36-30-23)26(27(34)28-21-9-7-8-10-21)20-11-13-22(14-12-20)35-5-2/h11-14,18,21,26H,4-10,15-17H2,1-3H3,(H,28,34)(H,29,30,32)/t26-/m0/s1. The van der Waals surface area contributed by atoms with Crippen LogP contribution in [0.15, 0.2) is 34.9 Å². The second-order valence-electron chi connectivity index (χ2n) is 9.21. The molecule has 0 aliphatic heterocycles. The molecule has 0 radical (unpaired) electrons. The van der Waals surface area contributed by atoms with Crippen LogP contribution >= 0.6 is 0 Å². The molecule has 196 valence electrons. The van der Waals surface area contributed by atoms with Gasteiger partial charge >= 0.3 is 0 Å². The number of hydrogen-bond donors (Lipinski definition) is 2. The molecule has 2 N–H and O–H groups in total. The zero-order valence-electron chi connectivity index (χ0n) is 21.5. The number of rotatable bonds is 13. The second-order valence-corrected chi connectivity index (χ2v) is 9.21. The summed E-state index contributed by atoms with van der Waals surface area (Å²) in [6.45, 7) is 6.66. The van der Waals surface area contributed by atoms with E-state index in [0.29, 0.717) is 30.5 Å². The van der Waals surface area contributed by atoms with Gasteiger partial charge in [-0.05, 0) is 50.8 Å². The average Bonchev–Trinajstić information content (AvgIpc) is 3.52. The number of nitrogens with one attached hydrogen (secondary N) is 2. The van der Waals surface area contributed by atoms with Crippen LogP contribution in [0.2, 0.25) is 0 Å². The largest absolute Gasteiger partial charge is 0.494 e. The van der Waals surface area contributed by atoms with Crippen LogP contribution in [-0.4, -0.2) is 47.0 Å². The van der Waals surface area contributed by atoms with Crippen LogP contribution < -0.4 is 15.4 Å². The van der Waals surface area contributed by atoms with E-state index in [-0.39, 0.29) is 36.6 Å². The first kappa shape index (κ1) is 27.2. The smallest absolute Gasteiger partial charge is 0.247 e. The van der Waals surface area contributed by atoms with Crippen LogP contribution in [0.25, 0.3) is 0 Å². The SMILES string of the molecule is CCCCN(C(=O)CCC(=O)Nc1cc(C)on1)[C@H](C(=O)NC1CCCC1)c1ccc(OCC)cc1. The maximum absolute atomic E-state index is 13.6. The Labute approximate surface area is 212 Å². The van der Waals surface area contributed by atoms with Gasteiger partial charge in [0.2, 0.25) is 17.7 Å². The molecule has 0 unspecified atom stereocenters. The normalized spacial score (nSPS) is 14.3. The van der Waals surface area contributed by atoms with E-state index in [0.717, 1.165) is 44.1 Å². The third-order valence-electron chi connectivity index (χ3n) is 6.30. The molecule has 1 aromatic carbocycles. The molecule has 9 nitrogen and oxygen atoms in total. The molecule has 3 rings (SSSR count). The highest BCUT2D eigenvalue weighted by atomic mass is 16.5. The molecular weight excluding hydrogens is 460 g/mol. The highest BCUT2D eigenvalue weighted by molar-refractivity contribution is 5.94. The van der Waals surface area contributed by atoms with Crippen LogP contribution in [0.4, 0.5) is 5.82 Å². The molecular formula is C27H38N4O5. The van der Waals surface area contributed by atoms with Crippen molar-refractivity contribution in [2.24, 2.45) is 0 Å². The lowest BCUT2D eigenvalue weighted by molar-refractivity contribution is -0.141. The Morgan fingerprint density at radius 1 is 1.14 bits per heavy atom. The van der Waals surface area contributed by atoms with Crippen molar-refractivity contribution in [2.75, 3.05) is 18.5 Å². The van der Waals surface area contributed by atoms with Crippen molar-refractivity contribution in [2.45, 2.75) is 84.2 Å². The first-order valence-electron chi connectivity index (χ1n) is 13.0. The number of aryl methyl sites for hydroxylation is 1. The fraction of sp³-hybridized carbons (Fsp3) is 0.556. The summed E-state index contributed by atoms with van der Waals surface area (Å²) < 4.78 is 10.5. The third-order valence-corrected chi connectivity index (χ3v) is 6.30. The number of benzene rings is 1. The molecule has 1 aliphatic rings. The van der Waals surface area contributed by atoms with Crippen LogP contribution in [0.1, 0.15) is 82.6 Å². The summed E-state index contributed by atoms with van der Waals surface area (Å²) in [6.07, 6.45) is 5.67. The Hall–Kier alpha value is -3.36. The van der Waals surface area contributed by atoms with Crippen LogP contribution in [0.5, 0.6) is 5.75 Å². The molecule has 0 spiro atoms. The summed E-state index contributed by atoms with van der Waals surface area (Å²) >= 11 is 0. The van der Waals surface area contributed by atoms with E-state index in [1.807, 2.05) is 38.1 Å².